The molecule has 4 rings (SSSR count). The molecule has 26 heavy (non-hydrogen) atoms. The second-order valence-electron chi connectivity index (χ2n) is 6.48. The van der Waals surface area contributed by atoms with Gasteiger partial charge in [0.15, 0.2) is 0 Å². The molecule has 1 aromatic carbocycles. The Labute approximate surface area is 151 Å². The predicted octanol–water partition coefficient (Wildman–Crippen LogP) is 1.65. The van der Waals surface area contributed by atoms with Gasteiger partial charge in [-0.25, -0.2) is 9.97 Å². The van der Waals surface area contributed by atoms with Crippen LogP contribution >= 0.6 is 0 Å². The fourth-order valence-electron chi connectivity index (χ4n) is 3.54. The van der Waals surface area contributed by atoms with E-state index in [0.29, 0.717) is 6.47 Å². The van der Waals surface area contributed by atoms with Crippen molar-refractivity contribution in [1.29, 1.82) is 0 Å². The summed E-state index contributed by atoms with van der Waals surface area (Å²) in [4.78, 5) is 29.3. The molecular weight excluding hydrogens is 330 g/mol. The van der Waals surface area contributed by atoms with Gasteiger partial charge in [-0.3, -0.25) is 9.69 Å². The number of carbonyl (C=O) groups excluding carboxylic acids is 1. The Morgan fingerprint density at radius 2 is 2.00 bits per heavy atom. The molecule has 0 aliphatic carbocycles. The average Bonchev–Trinajstić information content (AvgIpc) is 3.01. The molecule has 0 N–H and O–H groups in total. The van der Waals surface area contributed by atoms with Crippen LogP contribution in [0.25, 0.3) is 10.9 Å². The van der Waals surface area contributed by atoms with Crippen molar-refractivity contribution in [1.82, 2.24) is 19.6 Å². The summed E-state index contributed by atoms with van der Waals surface area (Å²) in [6, 6.07) is 10.00. The summed E-state index contributed by atoms with van der Waals surface area (Å²) in [5, 5.41) is 1.07. The first-order valence-electron chi connectivity index (χ1n) is 8.70. The van der Waals surface area contributed by atoms with Crippen LogP contribution in [0.2, 0.25) is 0 Å². The number of carbonyl (C=O) groups is 1. The number of fused-ring (bicyclic) bond motifs is 1. The number of anilines is 1. The lowest BCUT2D eigenvalue weighted by Gasteiger charge is -2.35. The third-order valence-electron chi connectivity index (χ3n) is 4.81. The molecule has 0 unspecified atom stereocenters. The number of nitrogens with zero attached hydrogens (tertiary/aromatic N) is 5. The Kier molecular flexibility index (Phi) is 4.53. The zero-order valence-electron chi connectivity index (χ0n) is 14.7. The Morgan fingerprint density at radius 3 is 2.77 bits per heavy atom. The van der Waals surface area contributed by atoms with Gasteiger partial charge in [-0.05, 0) is 19.1 Å². The molecule has 0 saturated carbocycles. The fraction of sp³-hybridized carbons (Fsp3) is 0.316. The largest absolute Gasteiger partial charge is 0.354 e. The van der Waals surface area contributed by atoms with Crippen LogP contribution < -0.4 is 9.74 Å². The van der Waals surface area contributed by atoms with Crippen molar-refractivity contribution < 1.29 is 9.63 Å². The van der Waals surface area contributed by atoms with Gasteiger partial charge in [0.2, 0.25) is 0 Å². The molecule has 7 heteroatoms. The molecule has 0 spiro atoms. The smallest absolute Gasteiger partial charge is 0.321 e. The molecule has 1 saturated heterocycles. The number of hydrogen-bond donors (Lipinski definition) is 0. The molecule has 0 bridgehead atoms. The highest BCUT2D eigenvalue weighted by Gasteiger charge is 2.21. The highest BCUT2D eigenvalue weighted by Crippen LogP contribution is 2.22. The predicted molar refractivity (Wildman–Crippen MR) is 98.8 cm³/mol. The molecule has 3 heterocycles. The van der Waals surface area contributed by atoms with E-state index in [-0.39, 0.29) is 0 Å². The van der Waals surface area contributed by atoms with Gasteiger partial charge in [0.1, 0.15) is 12.1 Å². The first-order chi connectivity index (χ1) is 12.8. The number of aryl methyl sites for hydroxylation is 1. The number of piperazine rings is 1. The molecule has 0 atom stereocenters. The normalized spacial score (nSPS) is 15.3. The van der Waals surface area contributed by atoms with Gasteiger partial charge < -0.3 is 9.74 Å². The van der Waals surface area contributed by atoms with Crippen LogP contribution in [0.3, 0.4) is 0 Å². The molecule has 3 aromatic rings. The second-order valence-corrected chi connectivity index (χ2v) is 6.48. The summed E-state index contributed by atoms with van der Waals surface area (Å²) in [5.41, 5.74) is 2.98. The van der Waals surface area contributed by atoms with Gasteiger partial charge in [0, 0.05) is 49.9 Å². The Hall–Kier alpha value is -2.93. The summed E-state index contributed by atoms with van der Waals surface area (Å²) in [6.45, 7) is 6.92. The number of hydrogen-bond acceptors (Lipinski definition) is 6. The van der Waals surface area contributed by atoms with Crippen LogP contribution in [0.1, 0.15) is 11.3 Å². The summed E-state index contributed by atoms with van der Waals surface area (Å²) < 4.78 is 1.63. The van der Waals surface area contributed by atoms with E-state index in [1.807, 2.05) is 37.4 Å². The minimum atomic E-state index is 0.478. The third-order valence-corrected chi connectivity index (χ3v) is 4.81. The molecule has 1 aliphatic rings. The zero-order valence-corrected chi connectivity index (χ0v) is 14.7. The number of para-hydroxylation sites is 1. The quantitative estimate of drug-likeness (QED) is 0.651. The number of aromatic nitrogens is 3. The first kappa shape index (κ1) is 16.5. The minimum absolute atomic E-state index is 0.478. The Bertz CT molecular complexity index is 915. The fourth-order valence-corrected chi connectivity index (χ4v) is 3.54. The highest BCUT2D eigenvalue weighted by molar-refractivity contribution is 5.81. The number of rotatable bonds is 5. The average molecular weight is 351 g/mol. The van der Waals surface area contributed by atoms with E-state index >= 15 is 0 Å². The molecule has 0 radical (unpaired) electrons. The van der Waals surface area contributed by atoms with Crippen molar-refractivity contribution in [3.8, 4) is 0 Å². The number of benzene rings is 1. The molecule has 0 amide bonds. The highest BCUT2D eigenvalue weighted by atomic mass is 16.7. The van der Waals surface area contributed by atoms with Crippen LogP contribution in [-0.4, -0.2) is 52.2 Å². The molecule has 2 aromatic heterocycles. The van der Waals surface area contributed by atoms with E-state index in [1.165, 1.54) is 0 Å². The van der Waals surface area contributed by atoms with Crippen LogP contribution in [0.15, 0.2) is 42.9 Å². The maximum absolute atomic E-state index is 10.9. The van der Waals surface area contributed by atoms with E-state index in [0.717, 1.165) is 60.7 Å². The van der Waals surface area contributed by atoms with Crippen molar-refractivity contribution in [3.05, 3.63) is 54.1 Å². The van der Waals surface area contributed by atoms with Crippen LogP contribution in [0, 0.1) is 6.92 Å². The maximum atomic E-state index is 10.9. The van der Waals surface area contributed by atoms with E-state index in [1.54, 1.807) is 11.1 Å². The SMILES string of the molecule is Cc1cncnc1N1CCN(Cc2cc3ccccc3n2OC=O)CC1. The van der Waals surface area contributed by atoms with E-state index < -0.39 is 0 Å². The topological polar surface area (TPSA) is 63.5 Å². The van der Waals surface area contributed by atoms with Gasteiger partial charge in [-0.2, -0.15) is 4.73 Å². The molecule has 1 aliphatic heterocycles. The lowest BCUT2D eigenvalue weighted by molar-refractivity contribution is -0.129. The molecular formula is C19H21N5O2. The minimum Gasteiger partial charge on any atom is -0.354 e. The lowest BCUT2D eigenvalue weighted by atomic mass is 10.2. The van der Waals surface area contributed by atoms with Crippen molar-refractivity contribution >= 4 is 23.2 Å². The maximum Gasteiger partial charge on any atom is 0.321 e. The molecule has 1 fully saturated rings. The van der Waals surface area contributed by atoms with Crippen LogP contribution in [0.5, 0.6) is 0 Å². The van der Waals surface area contributed by atoms with Crippen molar-refractivity contribution in [2.24, 2.45) is 0 Å². The van der Waals surface area contributed by atoms with Crippen molar-refractivity contribution in [2.75, 3.05) is 31.1 Å². The van der Waals surface area contributed by atoms with Crippen LogP contribution in [0.4, 0.5) is 5.82 Å². The van der Waals surface area contributed by atoms with E-state index in [4.69, 9.17) is 4.84 Å². The zero-order chi connectivity index (χ0) is 17.9. The standard InChI is InChI=1S/C19H21N5O2/c1-15-11-20-13-21-19(15)23-8-6-22(7-9-23)12-17-10-16-4-2-3-5-18(16)24(17)26-14-25/h2-5,10-11,13-14H,6-9,12H2,1H3. The van der Waals surface area contributed by atoms with Gasteiger partial charge in [-0.15, -0.1) is 0 Å². The monoisotopic (exact) mass is 351 g/mol. The van der Waals surface area contributed by atoms with E-state index in [9.17, 15) is 4.79 Å². The Balaban J connectivity index is 1.48. The summed E-state index contributed by atoms with van der Waals surface area (Å²) in [5.74, 6) is 1.01. The van der Waals surface area contributed by atoms with Crippen molar-refractivity contribution in [3.63, 3.8) is 0 Å². The van der Waals surface area contributed by atoms with Gasteiger partial charge in [0.25, 0.3) is 0 Å². The van der Waals surface area contributed by atoms with Gasteiger partial charge in [0.05, 0.1) is 11.2 Å². The second kappa shape index (κ2) is 7.13. The lowest BCUT2D eigenvalue weighted by Crippen LogP contribution is -2.46. The van der Waals surface area contributed by atoms with Gasteiger partial charge in [-0.1, -0.05) is 18.2 Å². The molecule has 134 valence electrons. The van der Waals surface area contributed by atoms with E-state index in [2.05, 4.69) is 25.8 Å². The Morgan fingerprint density at radius 1 is 1.19 bits per heavy atom. The third kappa shape index (κ3) is 3.13. The summed E-state index contributed by atoms with van der Waals surface area (Å²) >= 11 is 0. The van der Waals surface area contributed by atoms with Crippen molar-refractivity contribution in [2.45, 2.75) is 13.5 Å². The summed E-state index contributed by atoms with van der Waals surface area (Å²) in [6.07, 6.45) is 3.45. The first-order valence-corrected chi connectivity index (χ1v) is 8.70. The van der Waals surface area contributed by atoms with Gasteiger partial charge >= 0.3 is 6.47 Å². The summed E-state index contributed by atoms with van der Waals surface area (Å²) in [7, 11) is 0. The molecule has 7 nitrogen and oxygen atoms in total. The van der Waals surface area contributed by atoms with Crippen LogP contribution in [-0.2, 0) is 11.3 Å².